The molecule has 1 aromatic carbocycles. The molecule has 138 valence electrons. The van der Waals surface area contributed by atoms with E-state index in [0.29, 0.717) is 26.2 Å². The van der Waals surface area contributed by atoms with E-state index in [2.05, 4.69) is 33.5 Å². The number of carbonyl (C=O) groups excluding carboxylic acids is 1. The Hall–Kier alpha value is -2.54. The maximum absolute atomic E-state index is 11.4. The number of fused-ring (bicyclic) bond motifs is 2. The molecule has 0 atom stereocenters. The average Bonchev–Trinajstić information content (AvgIpc) is 3.08. The van der Waals surface area contributed by atoms with E-state index < -0.39 is 0 Å². The van der Waals surface area contributed by atoms with Crippen LogP contribution >= 0.6 is 0 Å². The maximum atomic E-state index is 11.4. The predicted octanol–water partition coefficient (Wildman–Crippen LogP) is 1.70. The van der Waals surface area contributed by atoms with Crippen LogP contribution < -0.4 is 14.8 Å². The standard InChI is InChI=1S/C19H24N4O3/c1-2-19(24)20-11-15-10-16-13-22(5-6-23(16)21-15)12-14-3-4-17-18(9-14)26-8-7-25-17/h3-4,9-10H,2,5-8,11-13H2,1H3,(H,20,24). The van der Waals surface area contributed by atoms with Crippen molar-refractivity contribution in [2.24, 2.45) is 0 Å². The topological polar surface area (TPSA) is 68.6 Å². The van der Waals surface area contributed by atoms with Gasteiger partial charge in [-0.2, -0.15) is 5.10 Å². The molecular weight excluding hydrogens is 332 g/mol. The van der Waals surface area contributed by atoms with Gasteiger partial charge in [0.1, 0.15) is 13.2 Å². The summed E-state index contributed by atoms with van der Waals surface area (Å²) in [5, 5.41) is 7.48. The highest BCUT2D eigenvalue weighted by Gasteiger charge is 2.20. The fourth-order valence-corrected chi connectivity index (χ4v) is 3.36. The molecule has 1 aromatic heterocycles. The Morgan fingerprint density at radius 3 is 2.88 bits per heavy atom. The molecule has 1 N–H and O–H groups in total. The minimum atomic E-state index is 0.0520. The first-order valence-corrected chi connectivity index (χ1v) is 9.14. The summed E-state index contributed by atoms with van der Waals surface area (Å²) in [5.74, 6) is 1.72. The summed E-state index contributed by atoms with van der Waals surface area (Å²) < 4.78 is 13.3. The average molecular weight is 356 g/mol. The van der Waals surface area contributed by atoms with Crippen LogP contribution in [-0.4, -0.2) is 40.3 Å². The Kier molecular flexibility index (Phi) is 4.79. The molecule has 26 heavy (non-hydrogen) atoms. The first kappa shape index (κ1) is 16.9. The summed E-state index contributed by atoms with van der Waals surface area (Å²) in [6.07, 6.45) is 0.497. The van der Waals surface area contributed by atoms with Crippen molar-refractivity contribution >= 4 is 5.91 Å². The molecule has 2 aliphatic rings. The van der Waals surface area contributed by atoms with Gasteiger partial charge in [-0.05, 0) is 23.8 Å². The number of carbonyl (C=O) groups is 1. The second kappa shape index (κ2) is 7.37. The molecule has 4 rings (SSSR count). The van der Waals surface area contributed by atoms with Gasteiger partial charge >= 0.3 is 0 Å². The Morgan fingerprint density at radius 1 is 1.19 bits per heavy atom. The van der Waals surface area contributed by atoms with E-state index in [1.54, 1.807) is 0 Å². The number of hydrogen-bond acceptors (Lipinski definition) is 5. The number of ether oxygens (including phenoxy) is 2. The van der Waals surface area contributed by atoms with Gasteiger partial charge in [-0.25, -0.2) is 0 Å². The van der Waals surface area contributed by atoms with Crippen LogP contribution in [0.15, 0.2) is 24.3 Å². The van der Waals surface area contributed by atoms with E-state index in [9.17, 15) is 4.79 Å². The van der Waals surface area contributed by atoms with Crippen molar-refractivity contribution in [3.05, 3.63) is 41.2 Å². The fourth-order valence-electron chi connectivity index (χ4n) is 3.36. The van der Waals surface area contributed by atoms with Gasteiger partial charge in [0.25, 0.3) is 0 Å². The molecule has 3 heterocycles. The molecule has 2 aliphatic heterocycles. The van der Waals surface area contributed by atoms with E-state index in [0.717, 1.165) is 43.4 Å². The van der Waals surface area contributed by atoms with E-state index in [4.69, 9.17) is 9.47 Å². The third kappa shape index (κ3) is 3.67. The summed E-state index contributed by atoms with van der Waals surface area (Å²) in [7, 11) is 0. The van der Waals surface area contributed by atoms with Gasteiger partial charge in [0.2, 0.25) is 5.91 Å². The highest BCUT2D eigenvalue weighted by atomic mass is 16.6. The van der Waals surface area contributed by atoms with Crippen LogP contribution in [0.4, 0.5) is 0 Å². The number of benzene rings is 1. The van der Waals surface area contributed by atoms with Crippen molar-refractivity contribution in [2.75, 3.05) is 19.8 Å². The maximum Gasteiger partial charge on any atom is 0.220 e. The van der Waals surface area contributed by atoms with Gasteiger partial charge < -0.3 is 14.8 Å². The molecule has 0 saturated heterocycles. The number of nitrogens with zero attached hydrogens (tertiary/aromatic N) is 3. The van der Waals surface area contributed by atoms with Crippen LogP contribution in [0, 0.1) is 0 Å². The second-order valence-electron chi connectivity index (χ2n) is 6.67. The second-order valence-corrected chi connectivity index (χ2v) is 6.67. The normalized spacial score (nSPS) is 16.2. The van der Waals surface area contributed by atoms with Crippen LogP contribution in [0.2, 0.25) is 0 Å². The smallest absolute Gasteiger partial charge is 0.220 e. The Balaban J connectivity index is 1.39. The molecular formula is C19H24N4O3. The number of amides is 1. The Labute approximate surface area is 152 Å². The zero-order chi connectivity index (χ0) is 17.9. The zero-order valence-corrected chi connectivity index (χ0v) is 15.0. The van der Waals surface area contributed by atoms with Gasteiger partial charge in [-0.3, -0.25) is 14.4 Å². The van der Waals surface area contributed by atoms with Crippen LogP contribution in [0.1, 0.15) is 30.3 Å². The van der Waals surface area contributed by atoms with Crippen molar-refractivity contribution in [1.29, 1.82) is 0 Å². The molecule has 0 radical (unpaired) electrons. The molecule has 0 aliphatic carbocycles. The third-order valence-electron chi connectivity index (χ3n) is 4.73. The molecule has 2 aromatic rings. The molecule has 7 nitrogen and oxygen atoms in total. The molecule has 0 bridgehead atoms. The van der Waals surface area contributed by atoms with Crippen LogP contribution in [0.25, 0.3) is 0 Å². The lowest BCUT2D eigenvalue weighted by Gasteiger charge is -2.28. The van der Waals surface area contributed by atoms with E-state index >= 15 is 0 Å². The van der Waals surface area contributed by atoms with Gasteiger partial charge in [-0.1, -0.05) is 13.0 Å². The summed E-state index contributed by atoms with van der Waals surface area (Å²) in [4.78, 5) is 13.8. The Bertz CT molecular complexity index is 802. The van der Waals surface area contributed by atoms with Gasteiger partial charge in [0.05, 0.1) is 24.5 Å². The largest absolute Gasteiger partial charge is 0.486 e. The van der Waals surface area contributed by atoms with Crippen molar-refractivity contribution in [3.63, 3.8) is 0 Å². The molecule has 7 heteroatoms. The quantitative estimate of drug-likeness (QED) is 0.883. The minimum Gasteiger partial charge on any atom is -0.486 e. The lowest BCUT2D eigenvalue weighted by molar-refractivity contribution is -0.120. The fraction of sp³-hybridized carbons (Fsp3) is 0.474. The van der Waals surface area contributed by atoms with Crippen molar-refractivity contribution in [2.45, 2.75) is 39.5 Å². The first-order valence-electron chi connectivity index (χ1n) is 9.14. The van der Waals surface area contributed by atoms with Gasteiger partial charge in [0.15, 0.2) is 11.5 Å². The molecule has 0 saturated carbocycles. The SMILES string of the molecule is CCC(=O)NCc1cc2n(n1)CCN(Cc1ccc3c(c1)OCCO3)C2. The highest BCUT2D eigenvalue weighted by Crippen LogP contribution is 2.31. The van der Waals surface area contributed by atoms with Crippen molar-refractivity contribution in [1.82, 2.24) is 20.0 Å². The molecule has 1 amide bonds. The van der Waals surface area contributed by atoms with E-state index in [-0.39, 0.29) is 5.91 Å². The summed E-state index contributed by atoms with van der Waals surface area (Å²) in [6, 6.07) is 8.26. The van der Waals surface area contributed by atoms with E-state index in [1.165, 1.54) is 11.3 Å². The molecule has 0 spiro atoms. The number of nitrogens with one attached hydrogen (secondary N) is 1. The summed E-state index contributed by atoms with van der Waals surface area (Å²) in [6.45, 7) is 7.09. The summed E-state index contributed by atoms with van der Waals surface area (Å²) >= 11 is 0. The monoisotopic (exact) mass is 356 g/mol. The summed E-state index contributed by atoms with van der Waals surface area (Å²) in [5.41, 5.74) is 3.33. The zero-order valence-electron chi connectivity index (χ0n) is 15.0. The lowest BCUT2D eigenvalue weighted by Crippen LogP contribution is -2.33. The number of hydrogen-bond donors (Lipinski definition) is 1. The van der Waals surface area contributed by atoms with Crippen LogP contribution in [-0.2, 0) is 31.0 Å². The van der Waals surface area contributed by atoms with Crippen molar-refractivity contribution in [3.8, 4) is 11.5 Å². The molecule has 0 fully saturated rings. The minimum absolute atomic E-state index is 0.0520. The van der Waals surface area contributed by atoms with Crippen LogP contribution in [0.5, 0.6) is 11.5 Å². The highest BCUT2D eigenvalue weighted by molar-refractivity contribution is 5.75. The third-order valence-corrected chi connectivity index (χ3v) is 4.73. The van der Waals surface area contributed by atoms with Gasteiger partial charge in [-0.15, -0.1) is 0 Å². The lowest BCUT2D eigenvalue weighted by atomic mass is 10.1. The van der Waals surface area contributed by atoms with E-state index in [1.807, 2.05) is 17.7 Å². The van der Waals surface area contributed by atoms with Crippen molar-refractivity contribution < 1.29 is 14.3 Å². The Morgan fingerprint density at radius 2 is 2.04 bits per heavy atom. The predicted molar refractivity (Wildman–Crippen MR) is 95.9 cm³/mol. The number of rotatable bonds is 5. The van der Waals surface area contributed by atoms with Crippen LogP contribution in [0.3, 0.4) is 0 Å². The van der Waals surface area contributed by atoms with Gasteiger partial charge in [0, 0.05) is 26.1 Å². The first-order chi connectivity index (χ1) is 12.7. The molecule has 0 unspecified atom stereocenters. The number of aromatic nitrogens is 2.